The first-order valence-corrected chi connectivity index (χ1v) is 10.9. The van der Waals surface area contributed by atoms with E-state index in [-0.39, 0.29) is 17.3 Å². The molecule has 0 unspecified atom stereocenters. The molecule has 10 heteroatoms. The first-order chi connectivity index (χ1) is 13.4. The van der Waals surface area contributed by atoms with E-state index in [4.69, 9.17) is 4.42 Å². The fourth-order valence-electron chi connectivity index (χ4n) is 2.81. The van der Waals surface area contributed by atoms with Crippen LogP contribution in [0.5, 0.6) is 0 Å². The molecule has 1 aliphatic rings. The number of halogens is 1. The molecule has 0 radical (unpaired) electrons. The molecule has 1 N–H and O–H groups in total. The topological polar surface area (TPSA) is 95.2 Å². The number of carbonyl (C=O) groups excluding carboxylic acids is 1. The second-order valence-corrected chi connectivity index (χ2v) is 9.20. The Hall–Kier alpha value is -2.01. The van der Waals surface area contributed by atoms with Gasteiger partial charge in [0, 0.05) is 30.7 Å². The lowest BCUT2D eigenvalue weighted by Crippen LogP contribution is -2.50. The summed E-state index contributed by atoms with van der Waals surface area (Å²) < 4.78 is 32.9. The zero-order valence-electron chi connectivity index (χ0n) is 15.3. The molecule has 1 aliphatic heterocycles. The molecule has 150 valence electrons. The predicted molar refractivity (Wildman–Crippen MR) is 108 cm³/mol. The van der Waals surface area contributed by atoms with Crippen LogP contribution in [0, 0.1) is 0 Å². The summed E-state index contributed by atoms with van der Waals surface area (Å²) in [4.78, 5) is 14.3. The molecule has 1 amide bonds. The van der Waals surface area contributed by atoms with Crippen LogP contribution in [-0.4, -0.2) is 62.0 Å². The van der Waals surface area contributed by atoms with E-state index in [9.17, 15) is 13.2 Å². The standard InChI is InChI=1S/C18H21BrN4O4S/c1-14(17-3-2-12-27-17)20-21-18(24)13-22-8-10-23(11-9-22)28(25,26)16-6-4-15(19)5-7-16/h2-7,12H,8-11,13H2,1H3,(H,21,24)/b20-14+. The molecule has 28 heavy (non-hydrogen) atoms. The molecule has 3 rings (SSSR count). The van der Waals surface area contributed by atoms with Crippen LogP contribution in [0.15, 0.2) is 61.5 Å². The predicted octanol–water partition coefficient (Wildman–Crippen LogP) is 1.89. The van der Waals surface area contributed by atoms with Gasteiger partial charge < -0.3 is 4.42 Å². The monoisotopic (exact) mass is 468 g/mol. The van der Waals surface area contributed by atoms with Gasteiger partial charge in [0.1, 0.15) is 11.5 Å². The van der Waals surface area contributed by atoms with Crippen LogP contribution < -0.4 is 5.43 Å². The van der Waals surface area contributed by atoms with Gasteiger partial charge in [-0.05, 0) is 43.3 Å². The SMILES string of the molecule is C/C(=N\NC(=O)CN1CCN(S(=O)(=O)c2ccc(Br)cc2)CC1)c1ccco1. The smallest absolute Gasteiger partial charge is 0.254 e. The van der Waals surface area contributed by atoms with E-state index in [1.807, 2.05) is 4.90 Å². The molecule has 0 saturated carbocycles. The van der Waals surface area contributed by atoms with Crippen molar-refractivity contribution in [1.82, 2.24) is 14.6 Å². The van der Waals surface area contributed by atoms with E-state index in [1.54, 1.807) is 43.3 Å². The number of hydrogen-bond acceptors (Lipinski definition) is 6. The minimum absolute atomic E-state index is 0.154. The number of carbonyl (C=O) groups is 1. The zero-order valence-corrected chi connectivity index (χ0v) is 17.7. The molecule has 2 aromatic rings. The van der Waals surface area contributed by atoms with Gasteiger partial charge in [0.15, 0.2) is 0 Å². The molecule has 0 spiro atoms. The third-order valence-electron chi connectivity index (χ3n) is 4.38. The number of hydrazone groups is 1. The van der Waals surface area contributed by atoms with E-state index in [2.05, 4.69) is 26.5 Å². The quantitative estimate of drug-likeness (QED) is 0.515. The number of amides is 1. The number of benzene rings is 1. The number of sulfonamides is 1. The normalized spacial score (nSPS) is 16.9. The van der Waals surface area contributed by atoms with Crippen LogP contribution in [0.1, 0.15) is 12.7 Å². The number of nitrogens with zero attached hydrogens (tertiary/aromatic N) is 3. The van der Waals surface area contributed by atoms with Gasteiger partial charge in [-0.15, -0.1) is 0 Å². The molecule has 8 nitrogen and oxygen atoms in total. The third-order valence-corrected chi connectivity index (χ3v) is 6.82. The lowest BCUT2D eigenvalue weighted by atomic mass is 10.3. The molecule has 1 saturated heterocycles. The molecule has 1 aromatic carbocycles. The third kappa shape index (κ3) is 5.07. The van der Waals surface area contributed by atoms with Gasteiger partial charge in [-0.25, -0.2) is 13.8 Å². The highest BCUT2D eigenvalue weighted by atomic mass is 79.9. The summed E-state index contributed by atoms with van der Waals surface area (Å²) in [6.45, 7) is 3.51. The van der Waals surface area contributed by atoms with Crippen molar-refractivity contribution < 1.29 is 17.6 Å². The molecule has 1 aromatic heterocycles. The number of piperazine rings is 1. The van der Waals surface area contributed by atoms with E-state index in [0.29, 0.717) is 37.7 Å². The molecular formula is C18H21BrN4O4S. The Labute approximate surface area is 172 Å². The van der Waals surface area contributed by atoms with Gasteiger partial charge >= 0.3 is 0 Å². The van der Waals surface area contributed by atoms with Crippen LogP contribution in [0.3, 0.4) is 0 Å². The van der Waals surface area contributed by atoms with Crippen molar-refractivity contribution in [3.05, 3.63) is 52.9 Å². The minimum atomic E-state index is -3.52. The van der Waals surface area contributed by atoms with Crippen LogP contribution in [0.4, 0.5) is 0 Å². The van der Waals surface area contributed by atoms with E-state index >= 15 is 0 Å². The summed E-state index contributed by atoms with van der Waals surface area (Å²) >= 11 is 3.30. The van der Waals surface area contributed by atoms with Gasteiger partial charge in [-0.2, -0.15) is 9.41 Å². The summed E-state index contributed by atoms with van der Waals surface area (Å²) in [6.07, 6.45) is 1.54. The zero-order chi connectivity index (χ0) is 20.1. The Morgan fingerprint density at radius 3 is 2.46 bits per heavy atom. The van der Waals surface area contributed by atoms with Crippen molar-refractivity contribution >= 4 is 37.6 Å². The molecule has 1 fully saturated rings. The van der Waals surface area contributed by atoms with Crippen molar-refractivity contribution in [2.45, 2.75) is 11.8 Å². The van der Waals surface area contributed by atoms with E-state index in [0.717, 1.165) is 4.47 Å². The summed E-state index contributed by atoms with van der Waals surface area (Å²) in [7, 11) is -3.52. The average Bonchev–Trinajstić information content (AvgIpc) is 3.22. The summed E-state index contributed by atoms with van der Waals surface area (Å²) in [5, 5.41) is 4.02. The second-order valence-electron chi connectivity index (χ2n) is 6.34. The van der Waals surface area contributed by atoms with Crippen LogP contribution >= 0.6 is 15.9 Å². The molecule has 2 heterocycles. The van der Waals surface area contributed by atoms with Gasteiger partial charge in [0.2, 0.25) is 10.0 Å². The van der Waals surface area contributed by atoms with E-state index in [1.165, 1.54) is 10.6 Å². The number of rotatable bonds is 6. The van der Waals surface area contributed by atoms with Gasteiger partial charge in [0.05, 0.1) is 17.7 Å². The number of nitrogens with one attached hydrogen (secondary N) is 1. The van der Waals surface area contributed by atoms with Crippen molar-refractivity contribution in [2.24, 2.45) is 5.10 Å². The number of hydrogen-bond donors (Lipinski definition) is 1. The van der Waals surface area contributed by atoms with Crippen LogP contribution in [0.25, 0.3) is 0 Å². The highest BCUT2D eigenvalue weighted by molar-refractivity contribution is 9.10. The molecular weight excluding hydrogens is 448 g/mol. The van der Waals surface area contributed by atoms with Gasteiger partial charge in [-0.3, -0.25) is 9.69 Å². The number of furan rings is 1. The summed E-state index contributed by atoms with van der Waals surface area (Å²) in [5.41, 5.74) is 3.07. The van der Waals surface area contributed by atoms with E-state index < -0.39 is 10.0 Å². The van der Waals surface area contributed by atoms with Gasteiger partial charge in [-0.1, -0.05) is 15.9 Å². The fourth-order valence-corrected chi connectivity index (χ4v) is 4.49. The lowest BCUT2D eigenvalue weighted by molar-refractivity contribution is -0.122. The molecule has 0 aliphatic carbocycles. The maximum atomic E-state index is 12.7. The maximum absolute atomic E-state index is 12.7. The minimum Gasteiger partial charge on any atom is -0.463 e. The van der Waals surface area contributed by atoms with Crippen molar-refractivity contribution in [1.29, 1.82) is 0 Å². The fraction of sp³-hybridized carbons (Fsp3) is 0.333. The Morgan fingerprint density at radius 1 is 1.18 bits per heavy atom. The van der Waals surface area contributed by atoms with Crippen molar-refractivity contribution in [3.8, 4) is 0 Å². The molecule has 0 bridgehead atoms. The Morgan fingerprint density at radius 2 is 1.86 bits per heavy atom. The largest absolute Gasteiger partial charge is 0.463 e. The highest BCUT2D eigenvalue weighted by Gasteiger charge is 2.29. The Kier molecular flexibility index (Phi) is 6.65. The first kappa shape index (κ1) is 20.7. The molecule has 0 atom stereocenters. The van der Waals surface area contributed by atoms with Crippen molar-refractivity contribution in [3.63, 3.8) is 0 Å². The summed E-state index contributed by atoms with van der Waals surface area (Å²) in [6, 6.07) is 10.1. The average molecular weight is 469 g/mol. The van der Waals surface area contributed by atoms with Gasteiger partial charge in [0.25, 0.3) is 5.91 Å². The first-order valence-electron chi connectivity index (χ1n) is 8.71. The Bertz CT molecular complexity index is 934. The maximum Gasteiger partial charge on any atom is 0.254 e. The lowest BCUT2D eigenvalue weighted by Gasteiger charge is -2.33. The van der Waals surface area contributed by atoms with Crippen LogP contribution in [0.2, 0.25) is 0 Å². The highest BCUT2D eigenvalue weighted by Crippen LogP contribution is 2.20. The second kappa shape index (κ2) is 8.99. The summed E-state index contributed by atoms with van der Waals surface area (Å²) in [5.74, 6) is 0.335. The van der Waals surface area contributed by atoms with Crippen LogP contribution in [-0.2, 0) is 14.8 Å². The van der Waals surface area contributed by atoms with Crippen molar-refractivity contribution in [2.75, 3.05) is 32.7 Å². The Balaban J connectivity index is 1.50.